The van der Waals surface area contributed by atoms with E-state index in [0.29, 0.717) is 61.9 Å². The summed E-state index contributed by atoms with van der Waals surface area (Å²) in [5.41, 5.74) is 21.2. The van der Waals surface area contributed by atoms with Gasteiger partial charge in [-0.3, -0.25) is 0 Å². The van der Waals surface area contributed by atoms with Crippen molar-refractivity contribution in [2.75, 3.05) is 0 Å². The summed E-state index contributed by atoms with van der Waals surface area (Å²) in [4.78, 5) is 41.0. The fraction of sp³-hybridized carbons (Fsp3) is 0.133. The van der Waals surface area contributed by atoms with Gasteiger partial charge in [-0.15, -0.1) is 0 Å². The molecule has 70 heavy (non-hydrogen) atoms. The van der Waals surface area contributed by atoms with Crippen LogP contribution in [0.2, 0.25) is 0 Å². The zero-order chi connectivity index (χ0) is 51.1. The van der Waals surface area contributed by atoms with Gasteiger partial charge in [-0.25, -0.2) is 0 Å². The molecule has 368 valence electrons. The van der Waals surface area contributed by atoms with Crippen LogP contribution in [0, 0.1) is 32.1 Å². The maximum atomic E-state index is 13.7. The second-order valence-electron chi connectivity index (χ2n) is 14.7. The molecule has 25 heteroatoms. The number of benzene rings is 6. The van der Waals surface area contributed by atoms with Crippen LogP contribution in [-0.2, 0) is 42.1 Å². The number of carbonyl (C=O) groups is 3. The standard InChI is InChI=1S/3C15H12I3NO4.Bi/c3*16-9-6-8(1-2-13(9)20)23-14-10(17)3-7(4-11(14)18)5-12(19)15(21)22;/h3*1-4,6,12,20H,5,19H2,(H,21,22);/q;;;+3/p-3/t3*12-;/m000./s1. The predicted molar refractivity (Wildman–Crippen MR) is 337 cm³/mol. The zero-order valence-corrected chi connectivity index (χ0v) is 58.0. The minimum absolute atomic E-state index is 0.00658. The number of hydrogen-bond acceptors (Lipinski definition) is 15. The van der Waals surface area contributed by atoms with Gasteiger partial charge in [-0.05, 0) is 67.8 Å². The van der Waals surface area contributed by atoms with Gasteiger partial charge < -0.3 is 15.3 Å². The summed E-state index contributed by atoms with van der Waals surface area (Å²) in [6.07, 6.45) is 0.0197. The summed E-state index contributed by atoms with van der Waals surface area (Å²) in [5, 5.41) is 29.8. The molecule has 3 atom stereocenters. The first-order valence-electron chi connectivity index (χ1n) is 19.7. The molecule has 0 radical (unpaired) electrons. The Balaban J connectivity index is 1.16. The molecule has 0 heterocycles. The topological polar surface area (TPSA) is 245 Å². The van der Waals surface area contributed by atoms with E-state index in [0.717, 1.165) is 21.4 Å². The molecule has 0 aliphatic carbocycles. The van der Waals surface area contributed by atoms with Gasteiger partial charge in [0.2, 0.25) is 0 Å². The number of phenolic OH excluding ortho intramolecular Hbond substituents is 3. The second kappa shape index (κ2) is 27.3. The number of halogens is 9. The molecule has 9 N–H and O–H groups in total. The monoisotopic (exact) mass is 2160 g/mol. The van der Waals surface area contributed by atoms with E-state index in [1.54, 1.807) is 91.0 Å². The Kier molecular flexibility index (Phi) is 23.0. The fourth-order valence-corrected chi connectivity index (χ4v) is 17.5. The van der Waals surface area contributed by atoms with Gasteiger partial charge in [0.25, 0.3) is 0 Å². The van der Waals surface area contributed by atoms with Crippen molar-refractivity contribution in [3.8, 4) is 51.7 Å². The first-order chi connectivity index (χ1) is 33.0. The van der Waals surface area contributed by atoms with Crippen molar-refractivity contribution >= 4 is 244 Å². The Hall–Kier alpha value is -0.137. The molecule has 6 aromatic rings. The summed E-state index contributed by atoms with van der Waals surface area (Å²) in [7, 11) is 0. The van der Waals surface area contributed by atoms with Crippen molar-refractivity contribution in [1.82, 2.24) is 0 Å². The molecule has 0 aliphatic heterocycles. The molecule has 0 unspecified atom stereocenters. The molecule has 6 rings (SSSR count). The predicted octanol–water partition coefficient (Wildman–Crippen LogP) is 11.2. The van der Waals surface area contributed by atoms with Crippen LogP contribution in [0.3, 0.4) is 0 Å². The van der Waals surface area contributed by atoms with Gasteiger partial charge in [0.05, 0.1) is 0 Å². The van der Waals surface area contributed by atoms with E-state index < -0.39 is 59.1 Å². The molecule has 0 saturated carbocycles. The number of rotatable bonds is 18. The molecule has 6 aromatic carbocycles. The number of phenols is 3. The van der Waals surface area contributed by atoms with Crippen LogP contribution >= 0.6 is 203 Å². The molecule has 15 nitrogen and oxygen atoms in total. The van der Waals surface area contributed by atoms with Gasteiger partial charge in [0.1, 0.15) is 17.2 Å². The zero-order valence-electron chi connectivity index (χ0n) is 35.1. The molecule has 0 saturated heterocycles. The Morgan fingerprint density at radius 2 is 0.629 bits per heavy atom. The molecule has 0 spiro atoms. The normalized spacial score (nSPS) is 12.5. The van der Waals surface area contributed by atoms with E-state index >= 15 is 0 Å². The molecule has 0 aromatic heterocycles. The molecule has 0 amide bonds. The summed E-state index contributed by atoms with van der Waals surface area (Å²) >= 11 is 13.8. The van der Waals surface area contributed by atoms with E-state index in [-0.39, 0.29) is 36.5 Å². The van der Waals surface area contributed by atoms with Crippen molar-refractivity contribution in [2.24, 2.45) is 17.2 Å². The number of nitrogens with two attached hydrogens (primary N) is 3. The Labute approximate surface area is 533 Å². The van der Waals surface area contributed by atoms with Gasteiger partial charge in [0, 0.05) is 0 Å². The first kappa shape index (κ1) is 59.1. The first-order valence-corrected chi connectivity index (χ1v) is 33.7. The fourth-order valence-electron chi connectivity index (χ4n) is 5.98. The van der Waals surface area contributed by atoms with Gasteiger partial charge in [-0.1, -0.05) is 0 Å². The summed E-state index contributed by atoms with van der Waals surface area (Å²) in [6.45, 7) is 0. The molecular formula is C45H33BiI9N3O12. The van der Waals surface area contributed by atoms with Crippen LogP contribution in [-0.4, -0.2) is 74.4 Å². The Bertz CT molecular complexity index is 2590. The second-order valence-corrected chi connectivity index (χ2v) is 29.0. The van der Waals surface area contributed by atoms with Crippen LogP contribution in [0.15, 0.2) is 91.0 Å². The quantitative estimate of drug-likeness (QED) is 0.0346. The average Bonchev–Trinajstić information content (AvgIpc) is 3.28. The molecule has 0 bridgehead atoms. The number of aromatic hydroxyl groups is 3. The van der Waals surface area contributed by atoms with Crippen LogP contribution in [0.4, 0.5) is 0 Å². The average molecular weight is 2160 g/mol. The van der Waals surface area contributed by atoms with Crippen molar-refractivity contribution in [2.45, 2.75) is 37.4 Å². The van der Waals surface area contributed by atoms with Crippen molar-refractivity contribution in [1.29, 1.82) is 0 Å². The third-order valence-corrected chi connectivity index (χ3v) is 20.6. The summed E-state index contributed by atoms with van der Waals surface area (Å²) < 4.78 is 41.6. The van der Waals surface area contributed by atoms with E-state index in [9.17, 15) is 29.7 Å². The van der Waals surface area contributed by atoms with Crippen LogP contribution in [0.5, 0.6) is 51.7 Å². The molecule has 0 fully saturated rings. The number of hydrogen-bond donors (Lipinski definition) is 6. The summed E-state index contributed by atoms with van der Waals surface area (Å²) in [6, 6.07) is 21.7. The number of carbonyl (C=O) groups excluding carboxylic acids is 3. The van der Waals surface area contributed by atoms with Gasteiger partial charge in [-0.2, -0.15) is 0 Å². The van der Waals surface area contributed by atoms with Gasteiger partial charge in [0.15, 0.2) is 0 Å². The van der Waals surface area contributed by atoms with Crippen LogP contribution in [0.25, 0.3) is 0 Å². The van der Waals surface area contributed by atoms with Crippen LogP contribution in [0.1, 0.15) is 16.7 Å². The number of ether oxygens (including phenoxy) is 3. The van der Waals surface area contributed by atoms with Crippen molar-refractivity contribution in [3.63, 3.8) is 0 Å². The Morgan fingerprint density at radius 1 is 0.400 bits per heavy atom. The van der Waals surface area contributed by atoms with E-state index in [2.05, 4.69) is 136 Å². The van der Waals surface area contributed by atoms with E-state index in [1.807, 2.05) is 67.8 Å². The van der Waals surface area contributed by atoms with Crippen molar-refractivity contribution in [3.05, 3.63) is 140 Å². The van der Waals surface area contributed by atoms with Crippen molar-refractivity contribution < 1.29 is 52.4 Å². The van der Waals surface area contributed by atoms with E-state index in [1.165, 1.54) is 0 Å². The van der Waals surface area contributed by atoms with Gasteiger partial charge >= 0.3 is 442 Å². The molecular weight excluding hydrogens is 2130 g/mol. The maximum absolute atomic E-state index is 13.7. The third-order valence-electron chi connectivity index (χ3n) is 9.36. The van der Waals surface area contributed by atoms with E-state index in [4.69, 9.17) is 39.9 Å². The third kappa shape index (κ3) is 16.7. The van der Waals surface area contributed by atoms with Crippen LogP contribution < -0.4 is 31.4 Å². The SMILES string of the molecule is N[C@@H](Cc1cc(I)c(Oc2ccc(O)c(I)c2)c(I)c1)C(=O)[O][Bi]([O]C(=O)[C@@H](N)Cc1cc(I)c(Oc2ccc(O)c(I)c2)c(I)c1)[O]C(=O)[C@@H](N)Cc1cc(I)c(Oc2ccc(O)c(I)c2)c(I)c1. The summed E-state index contributed by atoms with van der Waals surface area (Å²) in [5.74, 6) is 0.799. The Morgan fingerprint density at radius 3 is 0.843 bits per heavy atom. The minimum atomic E-state index is -4.89. The molecule has 0 aliphatic rings.